The number of hydrogen-bond acceptors (Lipinski definition) is 3. The number of alkyl halides is 3. The minimum absolute atomic E-state index is 0.120. The van der Waals surface area contributed by atoms with Crippen LogP contribution >= 0.6 is 0 Å². The molecule has 1 saturated heterocycles. The molecule has 0 spiro atoms. The fraction of sp³-hybridized carbons (Fsp3) is 0.533. The first kappa shape index (κ1) is 16.8. The highest BCUT2D eigenvalue weighted by Gasteiger charge is 2.35. The van der Waals surface area contributed by atoms with E-state index in [2.05, 4.69) is 4.90 Å². The third-order valence-corrected chi connectivity index (χ3v) is 4.10. The number of benzene rings is 1. The Kier molecular flexibility index (Phi) is 4.77. The molecule has 7 heteroatoms. The minimum Gasteiger partial charge on any atom is -0.478 e. The van der Waals surface area contributed by atoms with Gasteiger partial charge in [0.2, 0.25) is 0 Å². The van der Waals surface area contributed by atoms with Crippen molar-refractivity contribution in [2.75, 3.05) is 26.7 Å². The molecular weight excluding hydrogens is 297 g/mol. The molecule has 1 aliphatic heterocycles. The van der Waals surface area contributed by atoms with Crippen molar-refractivity contribution in [1.29, 1.82) is 0 Å². The van der Waals surface area contributed by atoms with E-state index in [-0.39, 0.29) is 23.7 Å². The zero-order chi connectivity index (χ0) is 16.5. The van der Waals surface area contributed by atoms with Crippen LogP contribution in [0.5, 0.6) is 0 Å². The van der Waals surface area contributed by atoms with Crippen LogP contribution < -0.4 is 0 Å². The molecule has 0 aromatic heterocycles. The largest absolute Gasteiger partial charge is 0.478 e. The molecule has 4 nitrogen and oxygen atoms in total. The maximum atomic E-state index is 13.2. The molecule has 0 aliphatic carbocycles. The summed E-state index contributed by atoms with van der Waals surface area (Å²) in [4.78, 5) is 15.0. The summed E-state index contributed by atoms with van der Waals surface area (Å²) in [6, 6.07) is 3.50. The lowest BCUT2D eigenvalue weighted by molar-refractivity contribution is -0.138. The molecule has 122 valence electrons. The summed E-state index contributed by atoms with van der Waals surface area (Å²) in [6.45, 7) is 4.39. The van der Waals surface area contributed by atoms with Crippen molar-refractivity contribution in [1.82, 2.24) is 9.80 Å². The van der Waals surface area contributed by atoms with Gasteiger partial charge in [-0.2, -0.15) is 13.2 Å². The third kappa shape index (κ3) is 3.78. The van der Waals surface area contributed by atoms with Crippen molar-refractivity contribution < 1.29 is 23.1 Å². The van der Waals surface area contributed by atoms with Gasteiger partial charge in [-0.15, -0.1) is 0 Å². The average Bonchev–Trinajstić information content (AvgIpc) is 2.42. The van der Waals surface area contributed by atoms with Crippen molar-refractivity contribution >= 4 is 5.97 Å². The smallest absolute Gasteiger partial charge is 0.416 e. The number of carboxylic acid groups (broad SMARTS) is 1. The van der Waals surface area contributed by atoms with Crippen LogP contribution in [0.25, 0.3) is 0 Å². The number of rotatable bonds is 3. The number of halogens is 3. The van der Waals surface area contributed by atoms with Crippen LogP contribution in [0.15, 0.2) is 18.2 Å². The predicted molar refractivity (Wildman–Crippen MR) is 75.8 cm³/mol. The van der Waals surface area contributed by atoms with E-state index >= 15 is 0 Å². The van der Waals surface area contributed by atoms with Gasteiger partial charge in [-0.3, -0.25) is 4.90 Å². The van der Waals surface area contributed by atoms with E-state index in [1.165, 1.54) is 12.1 Å². The summed E-state index contributed by atoms with van der Waals surface area (Å²) in [7, 11) is 1.99. The van der Waals surface area contributed by atoms with Gasteiger partial charge in [0.15, 0.2) is 0 Å². The van der Waals surface area contributed by atoms with Gasteiger partial charge in [0.05, 0.1) is 11.1 Å². The van der Waals surface area contributed by atoms with Crippen LogP contribution in [0.2, 0.25) is 0 Å². The molecule has 0 radical (unpaired) electrons. The first-order valence-electron chi connectivity index (χ1n) is 7.04. The number of carbonyl (C=O) groups is 1. The molecule has 1 aliphatic rings. The van der Waals surface area contributed by atoms with Gasteiger partial charge < -0.3 is 10.0 Å². The molecule has 1 aromatic rings. The van der Waals surface area contributed by atoms with E-state index in [1.807, 2.05) is 18.9 Å². The minimum atomic E-state index is -4.56. The maximum absolute atomic E-state index is 13.2. The quantitative estimate of drug-likeness (QED) is 0.931. The summed E-state index contributed by atoms with van der Waals surface area (Å²) >= 11 is 0. The number of likely N-dealkylation sites (N-methyl/N-ethyl adjacent to an activating group) is 1. The first-order valence-corrected chi connectivity index (χ1v) is 7.04. The SMILES string of the molecule is C[C@@H]1CN(Cc2ccc(C(=O)O)cc2C(F)(F)F)CCN1C. The lowest BCUT2D eigenvalue weighted by Crippen LogP contribution is -2.49. The van der Waals surface area contributed by atoms with E-state index in [0.717, 1.165) is 12.6 Å². The lowest BCUT2D eigenvalue weighted by atomic mass is 10.0. The zero-order valence-corrected chi connectivity index (χ0v) is 12.5. The van der Waals surface area contributed by atoms with E-state index in [0.29, 0.717) is 13.1 Å². The molecule has 1 atom stereocenters. The molecule has 0 saturated carbocycles. The van der Waals surface area contributed by atoms with Crippen LogP contribution in [0.1, 0.15) is 28.4 Å². The van der Waals surface area contributed by atoms with Gasteiger partial charge in [0.25, 0.3) is 0 Å². The fourth-order valence-electron chi connectivity index (χ4n) is 2.62. The summed E-state index contributed by atoms with van der Waals surface area (Å²) in [5, 5.41) is 8.87. The number of carboxylic acids is 1. The second kappa shape index (κ2) is 6.26. The van der Waals surface area contributed by atoms with Crippen LogP contribution in [-0.2, 0) is 12.7 Å². The van der Waals surface area contributed by atoms with Crippen LogP contribution in [0.4, 0.5) is 13.2 Å². The van der Waals surface area contributed by atoms with Crippen molar-refractivity contribution in [3.05, 3.63) is 34.9 Å². The summed E-state index contributed by atoms with van der Waals surface area (Å²) in [5.41, 5.74) is -1.09. The highest BCUT2D eigenvalue weighted by molar-refractivity contribution is 5.88. The van der Waals surface area contributed by atoms with E-state index < -0.39 is 17.7 Å². The van der Waals surface area contributed by atoms with Crippen molar-refractivity contribution in [2.24, 2.45) is 0 Å². The maximum Gasteiger partial charge on any atom is 0.416 e. The third-order valence-electron chi connectivity index (χ3n) is 4.10. The Morgan fingerprint density at radius 3 is 2.59 bits per heavy atom. The molecule has 0 bridgehead atoms. The highest BCUT2D eigenvalue weighted by atomic mass is 19.4. The second-order valence-corrected chi connectivity index (χ2v) is 5.74. The van der Waals surface area contributed by atoms with Crippen molar-refractivity contribution in [2.45, 2.75) is 25.7 Å². The van der Waals surface area contributed by atoms with Crippen molar-refractivity contribution in [3.8, 4) is 0 Å². The van der Waals surface area contributed by atoms with Crippen LogP contribution in [0, 0.1) is 0 Å². The van der Waals surface area contributed by atoms with E-state index in [4.69, 9.17) is 5.11 Å². The highest BCUT2D eigenvalue weighted by Crippen LogP contribution is 2.33. The Bertz CT molecular complexity index is 560. The second-order valence-electron chi connectivity index (χ2n) is 5.74. The van der Waals surface area contributed by atoms with Crippen molar-refractivity contribution in [3.63, 3.8) is 0 Å². The van der Waals surface area contributed by atoms with Crippen LogP contribution in [-0.4, -0.2) is 53.6 Å². The standard InChI is InChI=1S/C15H19F3N2O2/c1-10-8-20(6-5-19(10)2)9-12-4-3-11(14(21)22)7-13(12)15(16,17)18/h3-4,7,10H,5-6,8-9H2,1-2H3,(H,21,22)/t10-/m1/s1. The summed E-state index contributed by atoms with van der Waals surface area (Å²) in [5.74, 6) is -1.36. The zero-order valence-electron chi connectivity index (χ0n) is 12.5. The summed E-state index contributed by atoms with van der Waals surface area (Å²) < 4.78 is 39.5. The van der Waals surface area contributed by atoms with E-state index in [1.54, 1.807) is 0 Å². The van der Waals surface area contributed by atoms with Gasteiger partial charge in [0, 0.05) is 32.2 Å². The molecule has 0 unspecified atom stereocenters. The Hall–Kier alpha value is -1.60. The number of aromatic carboxylic acids is 1. The Morgan fingerprint density at radius 1 is 1.36 bits per heavy atom. The normalized spacial score (nSPS) is 21.0. The van der Waals surface area contributed by atoms with Gasteiger partial charge in [-0.25, -0.2) is 4.79 Å². The van der Waals surface area contributed by atoms with Gasteiger partial charge in [-0.05, 0) is 31.7 Å². The number of nitrogens with zero attached hydrogens (tertiary/aromatic N) is 2. The lowest BCUT2D eigenvalue weighted by Gasteiger charge is -2.38. The molecule has 1 N–H and O–H groups in total. The monoisotopic (exact) mass is 316 g/mol. The Morgan fingerprint density at radius 2 is 2.05 bits per heavy atom. The first-order chi connectivity index (χ1) is 10.2. The topological polar surface area (TPSA) is 43.8 Å². The predicted octanol–water partition coefficient (Wildman–Crippen LogP) is 2.54. The Labute approximate surface area is 127 Å². The van der Waals surface area contributed by atoms with Gasteiger partial charge >= 0.3 is 12.1 Å². The molecule has 2 rings (SSSR count). The fourth-order valence-corrected chi connectivity index (χ4v) is 2.62. The molecular formula is C15H19F3N2O2. The van der Waals surface area contributed by atoms with Crippen LogP contribution in [0.3, 0.4) is 0 Å². The molecule has 0 amide bonds. The van der Waals surface area contributed by atoms with Gasteiger partial charge in [-0.1, -0.05) is 6.07 Å². The number of piperazine rings is 1. The molecule has 1 heterocycles. The molecule has 1 fully saturated rings. The van der Waals surface area contributed by atoms with E-state index in [9.17, 15) is 18.0 Å². The average molecular weight is 316 g/mol. The number of hydrogen-bond donors (Lipinski definition) is 1. The Balaban J connectivity index is 2.25. The molecule has 22 heavy (non-hydrogen) atoms. The van der Waals surface area contributed by atoms with Gasteiger partial charge in [0.1, 0.15) is 0 Å². The molecule has 1 aromatic carbocycles. The summed E-state index contributed by atoms with van der Waals surface area (Å²) in [6.07, 6.45) is -4.56.